The molecule has 0 aliphatic carbocycles. The fourth-order valence-corrected chi connectivity index (χ4v) is 0.927. The zero-order valence-corrected chi connectivity index (χ0v) is 12.4. The van der Waals surface area contributed by atoms with Crippen molar-refractivity contribution in [1.29, 1.82) is 0 Å². The molecule has 4 nitrogen and oxygen atoms in total. The molecule has 0 saturated heterocycles. The first kappa shape index (κ1) is 18.1. The Morgan fingerprint density at radius 3 is 1.87 bits per heavy atom. The van der Waals surface area contributed by atoms with Crippen molar-refractivity contribution >= 4 is 34.6 Å². The van der Waals surface area contributed by atoms with E-state index in [0.29, 0.717) is 0 Å². The number of thiol groups is 1. The minimum absolute atomic E-state index is 0. The van der Waals surface area contributed by atoms with E-state index in [-0.39, 0.29) is 31.0 Å². The second-order valence-electron chi connectivity index (χ2n) is 2.23. The van der Waals surface area contributed by atoms with Gasteiger partial charge in [-0.3, -0.25) is 9.11 Å². The van der Waals surface area contributed by atoms with Crippen LogP contribution in [0.1, 0.15) is 6.99 Å². The molecule has 1 aromatic rings. The van der Waals surface area contributed by atoms with E-state index in [1.165, 1.54) is 5.56 Å². The van der Waals surface area contributed by atoms with E-state index >= 15 is 0 Å². The fourth-order valence-electron chi connectivity index (χ4n) is 0.590. The van der Waals surface area contributed by atoms with E-state index in [2.05, 4.69) is 12.6 Å². The standard InChI is InChI=1S/C7H7ClS.Na.H2O4S.H/c8-7-3-1-6(5-9)2-4-7;;1-5(2,3)4;/h1-4,9H,5H2;;(H2,1,2,3,4);/q;+1;;-1. The molecule has 0 amide bonds. The Morgan fingerprint density at radius 1 is 1.27 bits per heavy atom. The summed E-state index contributed by atoms with van der Waals surface area (Å²) in [6.45, 7) is 0. The van der Waals surface area contributed by atoms with Crippen LogP contribution in [0.3, 0.4) is 0 Å². The van der Waals surface area contributed by atoms with Gasteiger partial charge in [0.25, 0.3) is 0 Å². The molecule has 0 atom stereocenters. The maximum atomic E-state index is 8.74. The summed E-state index contributed by atoms with van der Waals surface area (Å²) in [5.74, 6) is 0.775. The first-order valence-corrected chi connectivity index (χ1v) is 5.79. The van der Waals surface area contributed by atoms with Gasteiger partial charge in [-0.15, -0.1) is 0 Å². The van der Waals surface area contributed by atoms with Crippen LogP contribution in [0, 0.1) is 0 Å². The number of halogens is 1. The van der Waals surface area contributed by atoms with Gasteiger partial charge in [0.1, 0.15) is 0 Å². The first-order chi connectivity index (χ1) is 6.33. The molecule has 1 rings (SSSR count). The summed E-state index contributed by atoms with van der Waals surface area (Å²) in [6.07, 6.45) is 0. The molecule has 0 heterocycles. The molecule has 82 valence electrons. The van der Waals surface area contributed by atoms with Gasteiger partial charge < -0.3 is 1.43 Å². The Balaban J connectivity index is -0.000000214. The van der Waals surface area contributed by atoms with E-state index in [4.69, 9.17) is 29.1 Å². The molecule has 0 fully saturated rings. The summed E-state index contributed by atoms with van der Waals surface area (Å²) >= 11 is 9.74. The van der Waals surface area contributed by atoms with E-state index < -0.39 is 10.4 Å². The molecule has 0 aliphatic heterocycles. The van der Waals surface area contributed by atoms with Crippen LogP contribution in [0.2, 0.25) is 5.02 Å². The van der Waals surface area contributed by atoms with Gasteiger partial charge in [-0.05, 0) is 17.7 Å². The van der Waals surface area contributed by atoms with Crippen LogP contribution in [0.4, 0.5) is 0 Å². The molecule has 0 bridgehead atoms. The van der Waals surface area contributed by atoms with Crippen LogP contribution in [-0.2, 0) is 16.2 Å². The SMILES string of the molecule is O=S(=O)(O)O.SCc1ccc(Cl)cc1.[H-].[Na+]. The van der Waals surface area contributed by atoms with Crippen molar-refractivity contribution < 1.29 is 48.5 Å². The van der Waals surface area contributed by atoms with Crippen molar-refractivity contribution in [2.75, 3.05) is 0 Å². The minimum Gasteiger partial charge on any atom is -1.00 e. The van der Waals surface area contributed by atoms with Crippen molar-refractivity contribution in [2.45, 2.75) is 5.75 Å². The molecule has 0 radical (unpaired) electrons. The van der Waals surface area contributed by atoms with Gasteiger partial charge in [0.05, 0.1) is 0 Å². The topological polar surface area (TPSA) is 74.6 Å². The van der Waals surface area contributed by atoms with Crippen molar-refractivity contribution in [2.24, 2.45) is 0 Å². The van der Waals surface area contributed by atoms with Crippen LogP contribution >= 0.6 is 24.2 Å². The number of hydrogen-bond acceptors (Lipinski definition) is 3. The molecule has 1 aromatic carbocycles. The molecule has 8 heteroatoms. The largest absolute Gasteiger partial charge is 1.00 e. The predicted octanol–water partition coefficient (Wildman–Crippen LogP) is -0.766. The maximum Gasteiger partial charge on any atom is 1.00 e. The summed E-state index contributed by atoms with van der Waals surface area (Å²) < 4.78 is 31.6. The van der Waals surface area contributed by atoms with E-state index in [1.54, 1.807) is 0 Å². The van der Waals surface area contributed by atoms with E-state index in [0.717, 1.165) is 10.8 Å². The van der Waals surface area contributed by atoms with Crippen LogP contribution in [0.15, 0.2) is 24.3 Å². The van der Waals surface area contributed by atoms with Gasteiger partial charge in [-0.2, -0.15) is 21.0 Å². The fraction of sp³-hybridized carbons (Fsp3) is 0.143. The second kappa shape index (κ2) is 8.83. The predicted molar refractivity (Wildman–Crippen MR) is 59.4 cm³/mol. The summed E-state index contributed by atoms with van der Waals surface area (Å²) in [5.41, 5.74) is 1.20. The Bertz CT molecular complexity index is 362. The molecule has 2 N–H and O–H groups in total. The van der Waals surface area contributed by atoms with Gasteiger partial charge in [0.2, 0.25) is 0 Å². The Hall–Kier alpha value is 0.730. The molecule has 0 saturated carbocycles. The van der Waals surface area contributed by atoms with E-state index in [1.807, 2.05) is 24.3 Å². The molecule has 0 aromatic heterocycles. The monoisotopic (exact) mass is 280 g/mol. The summed E-state index contributed by atoms with van der Waals surface area (Å²) in [6, 6.07) is 7.67. The summed E-state index contributed by atoms with van der Waals surface area (Å²) in [4.78, 5) is 0. The minimum atomic E-state index is -4.67. The molecule has 0 unspecified atom stereocenters. The van der Waals surface area contributed by atoms with Gasteiger partial charge >= 0.3 is 40.0 Å². The maximum absolute atomic E-state index is 8.74. The quantitative estimate of drug-likeness (QED) is 0.359. The van der Waals surface area contributed by atoms with Crippen LogP contribution < -0.4 is 29.6 Å². The molecular formula is C7H10ClNaO4S2. The van der Waals surface area contributed by atoms with Gasteiger partial charge in [-0.25, -0.2) is 0 Å². The Labute approximate surface area is 123 Å². The normalized spacial score (nSPS) is 9.60. The second-order valence-corrected chi connectivity index (χ2v) is 3.88. The smallest absolute Gasteiger partial charge is 1.00 e. The first-order valence-electron chi connectivity index (χ1n) is 3.38. The van der Waals surface area contributed by atoms with Crippen molar-refractivity contribution in [3.8, 4) is 0 Å². The van der Waals surface area contributed by atoms with Crippen LogP contribution in [0.25, 0.3) is 0 Å². The molecule has 15 heavy (non-hydrogen) atoms. The van der Waals surface area contributed by atoms with Crippen LogP contribution in [0.5, 0.6) is 0 Å². The van der Waals surface area contributed by atoms with Gasteiger partial charge in [-0.1, -0.05) is 23.7 Å². The average Bonchev–Trinajstić information content (AvgIpc) is 2.03. The van der Waals surface area contributed by atoms with E-state index in [9.17, 15) is 0 Å². The molecular weight excluding hydrogens is 271 g/mol. The third-order valence-electron chi connectivity index (χ3n) is 1.10. The number of rotatable bonds is 1. The van der Waals surface area contributed by atoms with Gasteiger partial charge in [0, 0.05) is 10.8 Å². The average molecular weight is 281 g/mol. The number of hydrogen-bond donors (Lipinski definition) is 3. The van der Waals surface area contributed by atoms with Crippen molar-refractivity contribution in [3.05, 3.63) is 34.9 Å². The zero-order chi connectivity index (χ0) is 11.2. The summed E-state index contributed by atoms with van der Waals surface area (Å²) in [7, 11) is -4.67. The Kier molecular flexibility index (Phi) is 10.7. The van der Waals surface area contributed by atoms with Crippen molar-refractivity contribution in [3.63, 3.8) is 0 Å². The van der Waals surface area contributed by atoms with Gasteiger partial charge in [0.15, 0.2) is 0 Å². The number of benzene rings is 1. The molecule has 0 spiro atoms. The molecule has 0 aliphatic rings. The third kappa shape index (κ3) is 14.7. The zero-order valence-electron chi connectivity index (χ0n) is 8.96. The third-order valence-corrected chi connectivity index (χ3v) is 1.71. The Morgan fingerprint density at radius 2 is 1.60 bits per heavy atom. The van der Waals surface area contributed by atoms with Crippen LogP contribution in [-0.4, -0.2) is 17.5 Å². The van der Waals surface area contributed by atoms with Crippen molar-refractivity contribution in [1.82, 2.24) is 0 Å². The summed E-state index contributed by atoms with van der Waals surface area (Å²) in [5, 5.41) is 0.778.